The first-order valence-electron chi connectivity index (χ1n) is 6.12. The van der Waals surface area contributed by atoms with Gasteiger partial charge in [-0.2, -0.15) is 0 Å². The van der Waals surface area contributed by atoms with Gasteiger partial charge in [0.1, 0.15) is 5.01 Å². The van der Waals surface area contributed by atoms with Crippen molar-refractivity contribution < 1.29 is 13.2 Å². The predicted molar refractivity (Wildman–Crippen MR) is 73.9 cm³/mol. The van der Waals surface area contributed by atoms with Gasteiger partial charge in [-0.3, -0.25) is 9.69 Å². The monoisotopic (exact) mass is 319 g/mol. The molecule has 10 heteroatoms. The molecule has 112 valence electrons. The van der Waals surface area contributed by atoms with E-state index in [1.54, 1.807) is 0 Å². The highest BCUT2D eigenvalue weighted by atomic mass is 32.2. The van der Waals surface area contributed by atoms with Crippen molar-refractivity contribution in [3.8, 4) is 0 Å². The molecule has 0 amide bonds. The van der Waals surface area contributed by atoms with Crippen LogP contribution in [0.3, 0.4) is 0 Å². The fourth-order valence-electron chi connectivity index (χ4n) is 1.90. The zero-order chi connectivity index (χ0) is 14.8. The number of sulfonamides is 1. The molecular formula is C10H17N5O3S2. The number of nitrogens with zero attached hydrogens (tertiary/aromatic N) is 4. The van der Waals surface area contributed by atoms with Crippen LogP contribution < -0.4 is 5.14 Å². The largest absolute Gasteiger partial charge is 0.304 e. The van der Waals surface area contributed by atoms with Crippen LogP contribution >= 0.6 is 11.3 Å². The van der Waals surface area contributed by atoms with Crippen molar-refractivity contribution in [3.05, 3.63) is 5.01 Å². The highest BCUT2D eigenvalue weighted by molar-refractivity contribution is 7.91. The summed E-state index contributed by atoms with van der Waals surface area (Å²) in [5, 5.41) is 12.5. The molecule has 1 fully saturated rings. The van der Waals surface area contributed by atoms with Gasteiger partial charge in [-0.15, -0.1) is 10.2 Å². The number of ketones is 1. The number of aromatic nitrogens is 2. The summed E-state index contributed by atoms with van der Waals surface area (Å²) < 4.78 is 21.9. The quantitative estimate of drug-likeness (QED) is 0.706. The van der Waals surface area contributed by atoms with Crippen LogP contribution in [0.2, 0.25) is 0 Å². The zero-order valence-corrected chi connectivity index (χ0v) is 12.8. The lowest BCUT2D eigenvalue weighted by molar-refractivity contribution is -0.119. The van der Waals surface area contributed by atoms with E-state index < -0.39 is 10.0 Å². The van der Waals surface area contributed by atoms with Gasteiger partial charge in [0, 0.05) is 26.2 Å². The van der Waals surface area contributed by atoms with Gasteiger partial charge in [0.2, 0.25) is 4.34 Å². The van der Waals surface area contributed by atoms with Crippen LogP contribution in [0.4, 0.5) is 0 Å². The number of hydrogen-bond donors (Lipinski definition) is 1. The van der Waals surface area contributed by atoms with E-state index in [0.717, 1.165) is 37.5 Å². The van der Waals surface area contributed by atoms with Crippen molar-refractivity contribution in [2.75, 3.05) is 39.8 Å². The maximum Gasteiger partial charge on any atom is 0.267 e. The molecule has 1 aliphatic heterocycles. The minimum absolute atomic E-state index is 0.00618. The fraction of sp³-hybridized carbons (Fsp3) is 0.700. The zero-order valence-electron chi connectivity index (χ0n) is 11.2. The Morgan fingerprint density at radius 1 is 1.30 bits per heavy atom. The predicted octanol–water partition coefficient (Wildman–Crippen LogP) is -1.46. The first-order chi connectivity index (χ1) is 9.34. The Kier molecular flexibility index (Phi) is 4.81. The topological polar surface area (TPSA) is 109 Å². The van der Waals surface area contributed by atoms with Crippen molar-refractivity contribution in [2.24, 2.45) is 5.14 Å². The van der Waals surface area contributed by atoms with Crippen LogP contribution in [0.15, 0.2) is 4.34 Å². The molecule has 0 radical (unpaired) electrons. The molecule has 0 saturated carbocycles. The third-order valence-electron chi connectivity index (χ3n) is 3.04. The van der Waals surface area contributed by atoms with E-state index in [2.05, 4.69) is 27.0 Å². The van der Waals surface area contributed by atoms with Gasteiger partial charge in [-0.05, 0) is 7.05 Å². The Labute approximate surface area is 121 Å². The second-order valence-corrected chi connectivity index (χ2v) is 7.60. The van der Waals surface area contributed by atoms with Gasteiger partial charge in [0.05, 0.1) is 13.0 Å². The molecule has 2 heterocycles. The smallest absolute Gasteiger partial charge is 0.267 e. The van der Waals surface area contributed by atoms with E-state index in [0.29, 0.717) is 11.6 Å². The third kappa shape index (κ3) is 4.28. The summed E-state index contributed by atoms with van der Waals surface area (Å²) in [6, 6.07) is 0. The van der Waals surface area contributed by atoms with Crippen molar-refractivity contribution in [1.29, 1.82) is 0 Å². The molecule has 0 atom stereocenters. The summed E-state index contributed by atoms with van der Waals surface area (Å²) >= 11 is 0.848. The normalized spacial score (nSPS) is 18.3. The molecule has 1 aliphatic rings. The molecule has 2 N–H and O–H groups in total. The molecule has 2 rings (SSSR count). The van der Waals surface area contributed by atoms with Gasteiger partial charge in [0.25, 0.3) is 10.0 Å². The lowest BCUT2D eigenvalue weighted by Gasteiger charge is -2.31. The maximum absolute atomic E-state index is 11.9. The fourth-order valence-corrected chi connectivity index (χ4v) is 3.41. The van der Waals surface area contributed by atoms with Crippen LogP contribution in [0.5, 0.6) is 0 Å². The average Bonchev–Trinajstić information content (AvgIpc) is 2.80. The molecule has 0 spiro atoms. The van der Waals surface area contributed by atoms with E-state index in [4.69, 9.17) is 5.14 Å². The number of carbonyl (C=O) groups excluding carboxylic acids is 1. The van der Waals surface area contributed by atoms with E-state index in [9.17, 15) is 13.2 Å². The Balaban J connectivity index is 1.87. The summed E-state index contributed by atoms with van der Waals surface area (Å²) in [5.41, 5.74) is 0. The van der Waals surface area contributed by atoms with Gasteiger partial charge in [0.15, 0.2) is 5.78 Å². The highest BCUT2D eigenvalue weighted by Crippen LogP contribution is 2.14. The number of likely N-dealkylation sites (N-methyl/N-ethyl adjacent to an activating group) is 1. The summed E-state index contributed by atoms with van der Waals surface area (Å²) in [7, 11) is -1.78. The second-order valence-electron chi connectivity index (χ2n) is 4.80. The highest BCUT2D eigenvalue weighted by Gasteiger charge is 2.19. The molecule has 0 unspecified atom stereocenters. The van der Waals surface area contributed by atoms with E-state index >= 15 is 0 Å². The summed E-state index contributed by atoms with van der Waals surface area (Å²) in [4.78, 5) is 16.2. The van der Waals surface area contributed by atoms with Gasteiger partial charge in [-0.25, -0.2) is 13.6 Å². The first kappa shape index (κ1) is 15.4. The Morgan fingerprint density at radius 2 is 1.95 bits per heavy atom. The number of carbonyl (C=O) groups is 1. The maximum atomic E-state index is 11.9. The minimum atomic E-state index is -3.83. The summed E-state index contributed by atoms with van der Waals surface area (Å²) in [6.45, 7) is 3.98. The first-order valence-corrected chi connectivity index (χ1v) is 8.48. The lowest BCUT2D eigenvalue weighted by atomic mass is 10.2. The van der Waals surface area contributed by atoms with Gasteiger partial charge < -0.3 is 4.90 Å². The number of nitrogens with two attached hydrogens (primary N) is 1. The summed E-state index contributed by atoms with van der Waals surface area (Å²) in [5.74, 6) is 0.00618. The van der Waals surface area contributed by atoms with Crippen LogP contribution in [-0.4, -0.2) is 74.0 Å². The van der Waals surface area contributed by atoms with Crippen molar-refractivity contribution in [2.45, 2.75) is 10.8 Å². The molecule has 8 nitrogen and oxygen atoms in total. The van der Waals surface area contributed by atoms with Crippen LogP contribution in [0, 0.1) is 0 Å². The number of piperazine rings is 1. The number of primary sulfonamides is 1. The Hall–Kier alpha value is -0.940. The Bertz CT molecular complexity index is 577. The molecule has 0 bridgehead atoms. The molecule has 0 aromatic carbocycles. The summed E-state index contributed by atoms with van der Waals surface area (Å²) in [6.07, 6.45) is 0.0968. The number of hydrogen-bond acceptors (Lipinski definition) is 8. The molecule has 1 saturated heterocycles. The molecule has 20 heavy (non-hydrogen) atoms. The molecule has 1 aromatic rings. The van der Waals surface area contributed by atoms with Gasteiger partial charge >= 0.3 is 0 Å². The average molecular weight is 319 g/mol. The third-order valence-corrected chi connectivity index (χ3v) is 5.27. The van der Waals surface area contributed by atoms with Crippen LogP contribution in [0.25, 0.3) is 0 Å². The Morgan fingerprint density at radius 3 is 2.50 bits per heavy atom. The SMILES string of the molecule is CN1CCN(CC(=O)Cc2nnc(S(N)(=O)=O)s2)CC1. The van der Waals surface area contributed by atoms with E-state index in [1.165, 1.54) is 0 Å². The number of Topliss-reactive ketones (excluding diaryl/α,β-unsaturated/α-hetero) is 1. The number of rotatable bonds is 5. The van der Waals surface area contributed by atoms with E-state index in [1.807, 2.05) is 0 Å². The van der Waals surface area contributed by atoms with Crippen LogP contribution in [0.1, 0.15) is 5.01 Å². The van der Waals surface area contributed by atoms with Gasteiger partial charge in [-0.1, -0.05) is 11.3 Å². The molecule has 1 aromatic heterocycles. The second kappa shape index (κ2) is 6.22. The van der Waals surface area contributed by atoms with Crippen molar-refractivity contribution >= 4 is 27.1 Å². The standard InChI is InChI=1S/C10H17N5O3S2/c1-14-2-4-15(5-3-14)7-8(16)6-9-12-13-10(19-9)20(11,17)18/h2-7H2,1H3,(H2,11,17,18). The minimum Gasteiger partial charge on any atom is -0.304 e. The van der Waals surface area contributed by atoms with Crippen LogP contribution in [-0.2, 0) is 21.2 Å². The van der Waals surface area contributed by atoms with Crippen molar-refractivity contribution in [1.82, 2.24) is 20.0 Å². The molecular weight excluding hydrogens is 302 g/mol. The molecule has 0 aliphatic carbocycles. The van der Waals surface area contributed by atoms with E-state index in [-0.39, 0.29) is 16.5 Å². The lowest BCUT2D eigenvalue weighted by Crippen LogP contribution is -2.46. The van der Waals surface area contributed by atoms with Crippen molar-refractivity contribution in [3.63, 3.8) is 0 Å².